The number of nitrogens with one attached hydrogen (secondary N) is 1. The second-order valence-electron chi connectivity index (χ2n) is 7.81. The van der Waals surface area contributed by atoms with Crippen molar-refractivity contribution in [3.05, 3.63) is 76.2 Å². The Morgan fingerprint density at radius 1 is 1.09 bits per heavy atom. The van der Waals surface area contributed by atoms with E-state index in [0.29, 0.717) is 22.5 Å². The lowest BCUT2D eigenvalue weighted by molar-refractivity contribution is -0.116. The molecule has 170 valence electrons. The van der Waals surface area contributed by atoms with Crippen molar-refractivity contribution in [2.75, 3.05) is 11.9 Å². The van der Waals surface area contributed by atoms with Crippen molar-refractivity contribution in [2.24, 2.45) is 0 Å². The van der Waals surface area contributed by atoms with Crippen molar-refractivity contribution in [1.29, 1.82) is 0 Å². The van der Waals surface area contributed by atoms with Crippen LogP contribution in [0.15, 0.2) is 65.0 Å². The van der Waals surface area contributed by atoms with Gasteiger partial charge in [0.1, 0.15) is 17.1 Å². The SMILES string of the molecule is CCCCc1ccc(NC(=O)Cn2cnc3scc(-c4ccc(OCC)cc4)c3c2=O)cc1. The number of carbonyl (C=O) groups excluding carboxylic acids is 1. The third kappa shape index (κ3) is 5.31. The van der Waals surface area contributed by atoms with Gasteiger partial charge in [-0.3, -0.25) is 14.2 Å². The highest BCUT2D eigenvalue weighted by atomic mass is 32.1. The molecule has 2 aromatic carbocycles. The number of fused-ring (bicyclic) bond motifs is 1. The van der Waals surface area contributed by atoms with Crippen molar-refractivity contribution in [2.45, 2.75) is 39.7 Å². The van der Waals surface area contributed by atoms with E-state index in [1.165, 1.54) is 27.8 Å². The van der Waals surface area contributed by atoms with Crippen molar-refractivity contribution in [3.8, 4) is 16.9 Å². The third-order valence-electron chi connectivity index (χ3n) is 5.41. The maximum absolute atomic E-state index is 13.2. The van der Waals surface area contributed by atoms with E-state index in [9.17, 15) is 9.59 Å². The van der Waals surface area contributed by atoms with E-state index in [2.05, 4.69) is 17.2 Å². The monoisotopic (exact) mass is 461 g/mol. The summed E-state index contributed by atoms with van der Waals surface area (Å²) in [5, 5.41) is 5.33. The number of hydrogen-bond acceptors (Lipinski definition) is 5. The zero-order valence-corrected chi connectivity index (χ0v) is 19.7. The number of anilines is 1. The van der Waals surface area contributed by atoms with Crippen molar-refractivity contribution in [1.82, 2.24) is 9.55 Å². The number of hydrogen-bond donors (Lipinski definition) is 1. The molecular weight excluding hydrogens is 434 g/mol. The van der Waals surface area contributed by atoms with Crippen LogP contribution < -0.4 is 15.6 Å². The van der Waals surface area contributed by atoms with E-state index in [-0.39, 0.29) is 18.0 Å². The highest BCUT2D eigenvalue weighted by Gasteiger charge is 2.15. The topological polar surface area (TPSA) is 73.2 Å². The number of rotatable bonds is 9. The minimum Gasteiger partial charge on any atom is -0.494 e. The molecule has 0 bridgehead atoms. The first-order chi connectivity index (χ1) is 16.1. The number of nitrogens with zero attached hydrogens (tertiary/aromatic N) is 2. The Labute approximate surface area is 196 Å². The third-order valence-corrected chi connectivity index (χ3v) is 6.29. The van der Waals surface area contributed by atoms with E-state index in [1.807, 2.05) is 60.8 Å². The van der Waals surface area contributed by atoms with Crippen LogP contribution >= 0.6 is 11.3 Å². The highest BCUT2D eigenvalue weighted by molar-refractivity contribution is 7.17. The summed E-state index contributed by atoms with van der Waals surface area (Å²) in [6.45, 7) is 4.60. The Kier molecular flexibility index (Phi) is 7.19. The summed E-state index contributed by atoms with van der Waals surface area (Å²) in [7, 11) is 0. The van der Waals surface area contributed by atoms with Gasteiger partial charge in [-0.05, 0) is 55.2 Å². The number of ether oxygens (including phenoxy) is 1. The van der Waals surface area contributed by atoms with E-state index >= 15 is 0 Å². The molecule has 7 heteroatoms. The molecule has 6 nitrogen and oxygen atoms in total. The number of carbonyl (C=O) groups is 1. The molecule has 0 unspecified atom stereocenters. The molecule has 0 atom stereocenters. The first kappa shape index (κ1) is 22.7. The fraction of sp³-hybridized carbons (Fsp3) is 0.269. The molecule has 0 radical (unpaired) electrons. The van der Waals surface area contributed by atoms with Gasteiger partial charge < -0.3 is 10.1 Å². The van der Waals surface area contributed by atoms with Crippen LogP contribution in [0, 0.1) is 0 Å². The number of amides is 1. The van der Waals surface area contributed by atoms with Gasteiger partial charge in [-0.15, -0.1) is 11.3 Å². The van der Waals surface area contributed by atoms with Crippen LogP contribution in [-0.4, -0.2) is 22.1 Å². The minimum atomic E-state index is -0.266. The normalized spacial score (nSPS) is 11.0. The predicted molar refractivity (Wildman–Crippen MR) is 134 cm³/mol. The van der Waals surface area contributed by atoms with E-state index < -0.39 is 0 Å². The molecule has 4 rings (SSSR count). The van der Waals surface area contributed by atoms with Crippen LogP contribution in [0.4, 0.5) is 5.69 Å². The van der Waals surface area contributed by atoms with Gasteiger partial charge in [-0.1, -0.05) is 37.6 Å². The second kappa shape index (κ2) is 10.4. The van der Waals surface area contributed by atoms with E-state index in [0.717, 1.165) is 36.1 Å². The van der Waals surface area contributed by atoms with Crippen molar-refractivity contribution in [3.63, 3.8) is 0 Å². The molecule has 0 fully saturated rings. The highest BCUT2D eigenvalue weighted by Crippen LogP contribution is 2.31. The lowest BCUT2D eigenvalue weighted by Crippen LogP contribution is -2.27. The Balaban J connectivity index is 1.52. The summed E-state index contributed by atoms with van der Waals surface area (Å²) in [4.78, 5) is 30.9. The molecule has 0 aliphatic rings. The molecule has 4 aromatic rings. The van der Waals surface area contributed by atoms with E-state index in [1.54, 1.807) is 0 Å². The van der Waals surface area contributed by atoms with Gasteiger partial charge >= 0.3 is 0 Å². The summed E-state index contributed by atoms with van der Waals surface area (Å²) in [6, 6.07) is 15.5. The average Bonchev–Trinajstić information content (AvgIpc) is 3.26. The number of unbranched alkanes of at least 4 members (excludes halogenated alkanes) is 1. The van der Waals surface area contributed by atoms with Crippen LogP contribution in [-0.2, 0) is 17.8 Å². The van der Waals surface area contributed by atoms with Gasteiger partial charge in [0.15, 0.2) is 0 Å². The van der Waals surface area contributed by atoms with E-state index in [4.69, 9.17) is 4.74 Å². The predicted octanol–water partition coefficient (Wildman–Crippen LogP) is 5.51. The zero-order chi connectivity index (χ0) is 23.2. The largest absolute Gasteiger partial charge is 0.494 e. The average molecular weight is 462 g/mol. The quantitative estimate of drug-likeness (QED) is 0.357. The molecule has 2 heterocycles. The lowest BCUT2D eigenvalue weighted by atomic mass is 10.1. The summed E-state index contributed by atoms with van der Waals surface area (Å²) in [6.07, 6.45) is 4.76. The summed E-state index contributed by atoms with van der Waals surface area (Å²) < 4.78 is 6.86. The van der Waals surface area contributed by atoms with Crippen LogP contribution in [0.25, 0.3) is 21.3 Å². The minimum absolute atomic E-state index is 0.0993. The number of benzene rings is 2. The second-order valence-corrected chi connectivity index (χ2v) is 8.67. The van der Waals surface area contributed by atoms with Crippen LogP contribution in [0.1, 0.15) is 32.3 Å². The first-order valence-electron chi connectivity index (χ1n) is 11.2. The number of aryl methyl sites for hydroxylation is 1. The Morgan fingerprint density at radius 3 is 2.55 bits per heavy atom. The molecule has 2 aromatic heterocycles. The van der Waals surface area contributed by atoms with Crippen molar-refractivity contribution >= 4 is 33.1 Å². The molecule has 0 spiro atoms. The fourth-order valence-electron chi connectivity index (χ4n) is 3.68. The molecule has 0 aliphatic carbocycles. The summed E-state index contributed by atoms with van der Waals surface area (Å²) in [5.74, 6) is 0.517. The first-order valence-corrected chi connectivity index (χ1v) is 12.1. The maximum atomic E-state index is 13.2. The Bertz CT molecular complexity index is 1290. The number of aromatic nitrogens is 2. The van der Waals surface area contributed by atoms with Gasteiger partial charge in [-0.25, -0.2) is 4.98 Å². The van der Waals surface area contributed by atoms with Crippen molar-refractivity contribution < 1.29 is 9.53 Å². The Hall–Kier alpha value is -3.45. The molecule has 0 saturated carbocycles. The van der Waals surface area contributed by atoms with Gasteiger partial charge in [0, 0.05) is 16.6 Å². The smallest absolute Gasteiger partial charge is 0.263 e. The molecule has 1 N–H and O–H groups in total. The van der Waals surface area contributed by atoms with Crippen LogP contribution in [0.2, 0.25) is 0 Å². The molecular formula is C26H27N3O3S. The van der Waals surface area contributed by atoms with Crippen LogP contribution in [0.5, 0.6) is 5.75 Å². The van der Waals surface area contributed by atoms with Gasteiger partial charge in [-0.2, -0.15) is 0 Å². The van der Waals surface area contributed by atoms with Gasteiger partial charge in [0.2, 0.25) is 5.91 Å². The fourth-order valence-corrected chi connectivity index (χ4v) is 4.59. The molecule has 33 heavy (non-hydrogen) atoms. The molecule has 0 aliphatic heterocycles. The standard InChI is InChI=1S/C26H27N3O3S/c1-3-5-6-18-7-11-20(12-8-18)28-23(30)15-29-17-27-25-24(26(29)31)22(16-33-25)19-9-13-21(14-10-19)32-4-2/h7-14,16-17H,3-6,15H2,1-2H3,(H,28,30). The zero-order valence-electron chi connectivity index (χ0n) is 18.8. The molecule has 1 amide bonds. The van der Waals surface area contributed by atoms with Gasteiger partial charge in [0.05, 0.1) is 18.3 Å². The summed E-state index contributed by atoms with van der Waals surface area (Å²) in [5.41, 5.74) is 3.46. The van der Waals surface area contributed by atoms with Crippen LogP contribution in [0.3, 0.4) is 0 Å². The van der Waals surface area contributed by atoms with Gasteiger partial charge in [0.25, 0.3) is 5.56 Å². The lowest BCUT2D eigenvalue weighted by Gasteiger charge is -2.09. The molecule has 0 saturated heterocycles. The maximum Gasteiger partial charge on any atom is 0.263 e. The number of thiophene rings is 1. The Morgan fingerprint density at radius 2 is 1.85 bits per heavy atom. The summed E-state index contributed by atoms with van der Waals surface area (Å²) >= 11 is 1.42.